The minimum absolute atomic E-state index is 0.00430. The Morgan fingerprint density at radius 1 is 1.44 bits per heavy atom. The zero-order valence-electron chi connectivity index (χ0n) is 9.89. The van der Waals surface area contributed by atoms with Crippen LogP contribution in [0.15, 0.2) is 26.2 Å². The Morgan fingerprint density at radius 2 is 2.11 bits per heavy atom. The molecule has 0 bridgehead atoms. The molecule has 1 unspecified atom stereocenters. The Morgan fingerprint density at radius 3 is 2.67 bits per heavy atom. The lowest BCUT2D eigenvalue weighted by molar-refractivity contribution is 0.189. The molecule has 96 valence electrons. The van der Waals surface area contributed by atoms with E-state index in [1.54, 1.807) is 11.1 Å². The lowest BCUT2D eigenvalue weighted by Crippen LogP contribution is -2.38. The Hall–Kier alpha value is -0.950. The second-order valence-corrected chi connectivity index (χ2v) is 6.01. The van der Waals surface area contributed by atoms with E-state index in [0.29, 0.717) is 5.69 Å². The molecule has 2 amide bonds. The smallest absolute Gasteiger partial charge is 0.346 e. The van der Waals surface area contributed by atoms with Crippen molar-refractivity contribution in [3.63, 3.8) is 0 Å². The fraction of sp³-hybridized carbons (Fsp3) is 0.364. The van der Waals surface area contributed by atoms with Crippen LogP contribution in [0.4, 0.5) is 4.79 Å². The number of amides is 2. The van der Waals surface area contributed by atoms with Crippen LogP contribution in [0.25, 0.3) is 0 Å². The number of halogens is 2. The monoisotopic (exact) mass is 374 g/mol. The topological polar surface area (TPSA) is 71.6 Å². The van der Waals surface area contributed by atoms with Crippen molar-refractivity contribution in [2.24, 2.45) is 10.7 Å². The molecular formula is C11H12Br2N4O. The first-order chi connectivity index (χ1) is 8.41. The predicted octanol–water partition coefficient (Wildman–Crippen LogP) is 2.85. The van der Waals surface area contributed by atoms with E-state index < -0.39 is 6.04 Å². The number of nitrogens with two attached hydrogens (primary N) is 1. The number of nitrogens with zero attached hydrogens (tertiary/aromatic N) is 3. The summed E-state index contributed by atoms with van der Waals surface area (Å²) < 4.78 is 1.65. The number of hydrogen-bond donors (Lipinski definition) is 1. The third-order valence-corrected chi connectivity index (χ3v) is 3.72. The van der Waals surface area contributed by atoms with E-state index >= 15 is 0 Å². The molecule has 0 spiro atoms. The van der Waals surface area contributed by atoms with Gasteiger partial charge in [0.25, 0.3) is 0 Å². The van der Waals surface area contributed by atoms with Crippen LogP contribution in [0.1, 0.15) is 25.6 Å². The maximum absolute atomic E-state index is 11.8. The molecule has 0 saturated carbocycles. The van der Waals surface area contributed by atoms with Gasteiger partial charge in [0.15, 0.2) is 0 Å². The zero-order valence-corrected chi connectivity index (χ0v) is 13.1. The van der Waals surface area contributed by atoms with Crippen LogP contribution in [0, 0.1) is 0 Å². The van der Waals surface area contributed by atoms with Gasteiger partial charge in [-0.25, -0.2) is 4.79 Å². The van der Waals surface area contributed by atoms with Crippen LogP contribution in [0.3, 0.4) is 0 Å². The summed E-state index contributed by atoms with van der Waals surface area (Å²) >= 11 is 6.78. The number of pyridine rings is 1. The second-order valence-electron chi connectivity index (χ2n) is 4.24. The highest BCUT2D eigenvalue weighted by molar-refractivity contribution is 9.11. The second kappa shape index (κ2) is 4.97. The molecule has 5 nitrogen and oxygen atoms in total. The Balaban J connectivity index is 2.48. The van der Waals surface area contributed by atoms with E-state index in [4.69, 9.17) is 5.73 Å². The number of urea groups is 1. The highest BCUT2D eigenvalue weighted by atomic mass is 79.9. The fourth-order valence-electron chi connectivity index (χ4n) is 1.90. The normalized spacial score (nSPS) is 19.6. The lowest BCUT2D eigenvalue weighted by atomic mass is 10.1. The van der Waals surface area contributed by atoms with Gasteiger partial charge in [-0.05, 0) is 51.8 Å². The van der Waals surface area contributed by atoms with Crippen molar-refractivity contribution in [3.05, 3.63) is 26.9 Å². The minimum Gasteiger partial charge on any atom is -0.385 e. The number of amidine groups is 1. The first kappa shape index (κ1) is 13.5. The van der Waals surface area contributed by atoms with Crippen LogP contribution in [0.5, 0.6) is 0 Å². The molecule has 18 heavy (non-hydrogen) atoms. The molecule has 2 heterocycles. The maximum atomic E-state index is 11.8. The number of aromatic nitrogens is 1. The van der Waals surface area contributed by atoms with Gasteiger partial charge in [0.2, 0.25) is 0 Å². The average molecular weight is 376 g/mol. The quantitative estimate of drug-likeness (QED) is 0.863. The van der Waals surface area contributed by atoms with Crippen LogP contribution in [0.2, 0.25) is 0 Å². The van der Waals surface area contributed by atoms with Gasteiger partial charge in [-0.3, -0.25) is 4.98 Å². The van der Waals surface area contributed by atoms with Crippen molar-refractivity contribution in [1.29, 1.82) is 0 Å². The van der Waals surface area contributed by atoms with Crippen LogP contribution >= 0.6 is 31.9 Å². The van der Waals surface area contributed by atoms with E-state index in [1.165, 1.54) is 0 Å². The van der Waals surface area contributed by atoms with Gasteiger partial charge in [-0.2, -0.15) is 4.99 Å². The van der Waals surface area contributed by atoms with Crippen molar-refractivity contribution < 1.29 is 4.79 Å². The van der Waals surface area contributed by atoms with E-state index in [1.807, 2.05) is 19.9 Å². The minimum atomic E-state index is -0.403. The van der Waals surface area contributed by atoms with Gasteiger partial charge >= 0.3 is 6.03 Å². The molecule has 0 fully saturated rings. The SMILES string of the molecule is CC(C)N1C(=O)N=C(N)C1c1ncc(Br)cc1Br. The number of carbonyl (C=O) groups excluding carboxylic acids is 1. The Kier molecular flexibility index (Phi) is 3.72. The van der Waals surface area contributed by atoms with E-state index in [-0.39, 0.29) is 17.9 Å². The first-order valence-electron chi connectivity index (χ1n) is 5.39. The van der Waals surface area contributed by atoms with Crippen molar-refractivity contribution in [3.8, 4) is 0 Å². The summed E-state index contributed by atoms with van der Waals surface area (Å²) in [5.74, 6) is 0.282. The molecule has 1 atom stereocenters. The highest BCUT2D eigenvalue weighted by Crippen LogP contribution is 2.33. The molecule has 0 radical (unpaired) electrons. The standard InChI is InChI=1S/C11H12Br2N4O/c1-5(2)17-9(10(14)16-11(17)18)8-7(13)3-6(12)4-15-8/h3-5,9H,1-2H3,(H2,14,16,18). The molecule has 1 aromatic rings. The molecule has 2 N–H and O–H groups in total. The summed E-state index contributed by atoms with van der Waals surface area (Å²) in [6, 6.07) is 1.16. The predicted molar refractivity (Wildman–Crippen MR) is 76.4 cm³/mol. The number of hydrogen-bond acceptors (Lipinski definition) is 3. The first-order valence-corrected chi connectivity index (χ1v) is 6.97. The summed E-state index contributed by atoms with van der Waals surface area (Å²) in [4.78, 5) is 21.6. The molecular weight excluding hydrogens is 364 g/mol. The van der Waals surface area contributed by atoms with E-state index in [0.717, 1.165) is 8.95 Å². The summed E-state index contributed by atoms with van der Waals surface area (Å²) in [5, 5.41) is 0. The molecule has 1 aliphatic heterocycles. The highest BCUT2D eigenvalue weighted by Gasteiger charge is 2.38. The summed E-state index contributed by atoms with van der Waals surface area (Å²) in [7, 11) is 0. The number of carbonyl (C=O) groups is 1. The van der Waals surface area contributed by atoms with Gasteiger partial charge in [0.1, 0.15) is 11.9 Å². The van der Waals surface area contributed by atoms with Crippen LogP contribution in [-0.4, -0.2) is 27.8 Å². The number of aliphatic imine (C=N–C) groups is 1. The molecule has 2 rings (SSSR count). The third-order valence-electron chi connectivity index (χ3n) is 2.66. The molecule has 0 aromatic carbocycles. The van der Waals surface area contributed by atoms with Crippen molar-refractivity contribution in [2.75, 3.05) is 0 Å². The van der Waals surface area contributed by atoms with Crippen LogP contribution < -0.4 is 5.73 Å². The van der Waals surface area contributed by atoms with Crippen molar-refractivity contribution in [2.45, 2.75) is 25.9 Å². The zero-order chi connectivity index (χ0) is 13.4. The fourth-order valence-corrected chi connectivity index (χ4v) is 3.10. The third kappa shape index (κ3) is 2.29. The van der Waals surface area contributed by atoms with Gasteiger partial charge in [-0.15, -0.1) is 0 Å². The van der Waals surface area contributed by atoms with Gasteiger partial charge < -0.3 is 10.6 Å². The largest absolute Gasteiger partial charge is 0.385 e. The van der Waals surface area contributed by atoms with Gasteiger partial charge in [0.05, 0.1) is 5.69 Å². The summed E-state index contributed by atoms with van der Waals surface area (Å²) in [5.41, 5.74) is 6.55. The molecule has 1 aliphatic rings. The maximum Gasteiger partial charge on any atom is 0.346 e. The summed E-state index contributed by atoms with van der Waals surface area (Å²) in [6.45, 7) is 3.84. The molecule has 7 heteroatoms. The molecule has 0 saturated heterocycles. The van der Waals surface area contributed by atoms with Crippen molar-refractivity contribution in [1.82, 2.24) is 9.88 Å². The Bertz CT molecular complexity index is 530. The summed E-state index contributed by atoms with van der Waals surface area (Å²) in [6.07, 6.45) is 1.68. The van der Waals surface area contributed by atoms with E-state index in [9.17, 15) is 4.79 Å². The van der Waals surface area contributed by atoms with Gasteiger partial charge in [-0.1, -0.05) is 0 Å². The Labute approximate surface area is 122 Å². The van der Waals surface area contributed by atoms with Crippen LogP contribution in [-0.2, 0) is 0 Å². The van der Waals surface area contributed by atoms with Gasteiger partial charge in [0, 0.05) is 21.2 Å². The average Bonchev–Trinajstić information content (AvgIpc) is 2.53. The van der Waals surface area contributed by atoms with E-state index in [2.05, 4.69) is 41.8 Å². The molecule has 0 aliphatic carbocycles. The molecule has 1 aromatic heterocycles. The van der Waals surface area contributed by atoms with Crippen molar-refractivity contribution >= 4 is 43.7 Å². The number of rotatable bonds is 2. The lowest BCUT2D eigenvalue weighted by Gasteiger charge is -2.27.